The molecule has 0 saturated carbocycles. The molecule has 0 saturated heterocycles. The van der Waals surface area contributed by atoms with Crippen LogP contribution in [0, 0.1) is 6.92 Å². The first-order valence-electron chi connectivity index (χ1n) is 10.4. The molecule has 172 valence electrons. The van der Waals surface area contributed by atoms with Gasteiger partial charge in [0.2, 0.25) is 0 Å². The highest BCUT2D eigenvalue weighted by molar-refractivity contribution is 6.33. The van der Waals surface area contributed by atoms with Crippen molar-refractivity contribution in [2.75, 3.05) is 23.8 Å². The highest BCUT2D eigenvalue weighted by atomic mass is 35.5. The summed E-state index contributed by atoms with van der Waals surface area (Å²) in [4.78, 5) is 23.5. The van der Waals surface area contributed by atoms with Gasteiger partial charge in [-0.15, -0.1) is 0 Å². The van der Waals surface area contributed by atoms with Gasteiger partial charge in [0.1, 0.15) is 0 Å². The predicted octanol–water partition coefficient (Wildman–Crippen LogP) is 5.37. The van der Waals surface area contributed by atoms with E-state index in [9.17, 15) is 14.7 Å². The molecule has 3 rings (SSSR count). The SMILES string of the molecule is CCOc1cc(CNc2ccc(Cl)c(C(=O)O)c2)ccc1OCC(=O)Nc1ccc(C)cc1. The number of ether oxygens (including phenoxy) is 2. The number of carbonyl (C=O) groups excluding carboxylic acids is 1. The quantitative estimate of drug-likeness (QED) is 0.370. The van der Waals surface area contributed by atoms with Gasteiger partial charge in [0, 0.05) is 17.9 Å². The molecule has 3 N–H and O–H groups in total. The summed E-state index contributed by atoms with van der Waals surface area (Å²) >= 11 is 5.92. The van der Waals surface area contributed by atoms with Crippen LogP contribution in [-0.4, -0.2) is 30.2 Å². The van der Waals surface area contributed by atoms with Crippen LogP contribution in [0.4, 0.5) is 11.4 Å². The van der Waals surface area contributed by atoms with Crippen LogP contribution in [0.25, 0.3) is 0 Å². The molecule has 0 fully saturated rings. The minimum absolute atomic E-state index is 0.0318. The number of aryl methyl sites for hydroxylation is 1. The van der Waals surface area contributed by atoms with Gasteiger partial charge in [0.15, 0.2) is 18.1 Å². The molecule has 0 heterocycles. The van der Waals surface area contributed by atoms with E-state index < -0.39 is 5.97 Å². The summed E-state index contributed by atoms with van der Waals surface area (Å²) in [5.41, 5.74) is 3.36. The number of halogens is 1. The Bertz CT molecular complexity index is 1130. The maximum atomic E-state index is 12.2. The predicted molar refractivity (Wildman–Crippen MR) is 129 cm³/mol. The van der Waals surface area contributed by atoms with E-state index in [2.05, 4.69) is 10.6 Å². The number of carbonyl (C=O) groups is 2. The van der Waals surface area contributed by atoms with Gasteiger partial charge in [-0.25, -0.2) is 4.79 Å². The lowest BCUT2D eigenvalue weighted by atomic mass is 10.1. The van der Waals surface area contributed by atoms with Crippen LogP contribution in [0.1, 0.15) is 28.4 Å². The van der Waals surface area contributed by atoms with Crippen molar-refractivity contribution in [3.8, 4) is 11.5 Å². The second kappa shape index (κ2) is 11.2. The van der Waals surface area contributed by atoms with Crippen molar-refractivity contribution in [2.24, 2.45) is 0 Å². The van der Waals surface area contributed by atoms with Crippen LogP contribution in [0.2, 0.25) is 5.02 Å². The molecule has 0 spiro atoms. The monoisotopic (exact) mass is 468 g/mol. The standard InChI is InChI=1S/C25H25ClN2O5/c1-3-32-23-12-17(14-27-19-9-10-21(26)20(13-19)25(30)31)6-11-22(23)33-15-24(29)28-18-7-4-16(2)5-8-18/h4-13,27H,3,14-15H2,1-2H3,(H,28,29)(H,30,31). The third-order valence-electron chi connectivity index (χ3n) is 4.70. The van der Waals surface area contributed by atoms with E-state index >= 15 is 0 Å². The Morgan fingerprint density at radius 2 is 1.67 bits per heavy atom. The van der Waals surface area contributed by atoms with Gasteiger partial charge in [0.25, 0.3) is 5.91 Å². The molecule has 7 nitrogen and oxygen atoms in total. The van der Waals surface area contributed by atoms with Gasteiger partial charge in [-0.3, -0.25) is 4.79 Å². The Balaban J connectivity index is 1.62. The van der Waals surface area contributed by atoms with Crippen molar-refractivity contribution in [3.05, 3.63) is 82.4 Å². The number of hydrogen-bond donors (Lipinski definition) is 3. The van der Waals surface area contributed by atoms with E-state index in [1.807, 2.05) is 50.2 Å². The number of hydrogen-bond acceptors (Lipinski definition) is 5. The van der Waals surface area contributed by atoms with Crippen molar-refractivity contribution in [1.29, 1.82) is 0 Å². The summed E-state index contributed by atoms with van der Waals surface area (Å²) in [5, 5.41) is 15.4. The summed E-state index contributed by atoms with van der Waals surface area (Å²) in [6, 6.07) is 17.6. The zero-order chi connectivity index (χ0) is 23.8. The lowest BCUT2D eigenvalue weighted by Crippen LogP contribution is -2.20. The fourth-order valence-electron chi connectivity index (χ4n) is 3.03. The zero-order valence-corrected chi connectivity index (χ0v) is 19.1. The molecule has 1 amide bonds. The Kier molecular flexibility index (Phi) is 8.16. The van der Waals surface area contributed by atoms with Crippen LogP contribution in [0.15, 0.2) is 60.7 Å². The molecular weight excluding hydrogens is 444 g/mol. The van der Waals surface area contributed by atoms with Gasteiger partial charge in [-0.2, -0.15) is 0 Å². The molecule has 0 aliphatic heterocycles. The van der Waals surface area contributed by atoms with Crippen molar-refractivity contribution in [3.63, 3.8) is 0 Å². The molecule has 8 heteroatoms. The number of aromatic carboxylic acids is 1. The minimum Gasteiger partial charge on any atom is -0.490 e. The molecule has 0 atom stereocenters. The first-order chi connectivity index (χ1) is 15.9. The Morgan fingerprint density at radius 3 is 2.36 bits per heavy atom. The number of nitrogens with one attached hydrogen (secondary N) is 2. The lowest BCUT2D eigenvalue weighted by molar-refractivity contribution is -0.118. The summed E-state index contributed by atoms with van der Waals surface area (Å²) in [5.74, 6) is -0.388. The summed E-state index contributed by atoms with van der Waals surface area (Å²) < 4.78 is 11.4. The molecule has 0 bridgehead atoms. The Hall–Kier alpha value is -3.71. The molecule has 33 heavy (non-hydrogen) atoms. The number of benzene rings is 3. The number of rotatable bonds is 10. The van der Waals surface area contributed by atoms with Gasteiger partial charge in [-0.05, 0) is 61.9 Å². The Labute approximate surface area is 197 Å². The van der Waals surface area contributed by atoms with Crippen molar-refractivity contribution >= 4 is 34.9 Å². The second-order valence-corrected chi connectivity index (χ2v) is 7.68. The fourth-order valence-corrected chi connectivity index (χ4v) is 3.23. The maximum absolute atomic E-state index is 12.2. The zero-order valence-electron chi connectivity index (χ0n) is 18.4. The molecular formula is C25H25ClN2O5. The minimum atomic E-state index is -1.09. The van der Waals surface area contributed by atoms with E-state index in [-0.39, 0.29) is 23.1 Å². The van der Waals surface area contributed by atoms with Crippen LogP contribution in [0.5, 0.6) is 11.5 Å². The van der Waals surface area contributed by atoms with E-state index in [0.29, 0.717) is 36.0 Å². The number of carboxylic acids is 1. The first kappa shape index (κ1) is 23.9. The fraction of sp³-hybridized carbons (Fsp3) is 0.200. The maximum Gasteiger partial charge on any atom is 0.337 e. The molecule has 0 aliphatic rings. The largest absolute Gasteiger partial charge is 0.490 e. The highest BCUT2D eigenvalue weighted by Crippen LogP contribution is 2.29. The molecule has 3 aromatic carbocycles. The molecule has 0 aromatic heterocycles. The van der Waals surface area contributed by atoms with Crippen molar-refractivity contribution < 1.29 is 24.2 Å². The van der Waals surface area contributed by atoms with Gasteiger partial charge >= 0.3 is 5.97 Å². The summed E-state index contributed by atoms with van der Waals surface area (Å²) in [6.07, 6.45) is 0. The molecule has 0 unspecified atom stereocenters. The lowest BCUT2D eigenvalue weighted by Gasteiger charge is -2.14. The topological polar surface area (TPSA) is 96.9 Å². The average Bonchev–Trinajstić information content (AvgIpc) is 2.79. The van der Waals surface area contributed by atoms with E-state index in [1.54, 1.807) is 12.1 Å². The normalized spacial score (nSPS) is 10.4. The van der Waals surface area contributed by atoms with Crippen LogP contribution in [-0.2, 0) is 11.3 Å². The van der Waals surface area contributed by atoms with Crippen LogP contribution >= 0.6 is 11.6 Å². The Morgan fingerprint density at radius 1 is 0.939 bits per heavy atom. The van der Waals surface area contributed by atoms with Crippen LogP contribution in [0.3, 0.4) is 0 Å². The number of anilines is 2. The number of carboxylic acid groups (broad SMARTS) is 1. The third-order valence-corrected chi connectivity index (χ3v) is 5.03. The van der Waals surface area contributed by atoms with E-state index in [0.717, 1.165) is 11.1 Å². The van der Waals surface area contributed by atoms with E-state index in [1.165, 1.54) is 12.1 Å². The van der Waals surface area contributed by atoms with Gasteiger partial charge in [-0.1, -0.05) is 35.4 Å². The molecule has 0 radical (unpaired) electrons. The second-order valence-electron chi connectivity index (χ2n) is 7.27. The highest BCUT2D eigenvalue weighted by Gasteiger charge is 2.12. The van der Waals surface area contributed by atoms with Gasteiger partial charge in [0.05, 0.1) is 17.2 Å². The smallest absolute Gasteiger partial charge is 0.337 e. The average molecular weight is 469 g/mol. The van der Waals surface area contributed by atoms with Crippen LogP contribution < -0.4 is 20.1 Å². The third kappa shape index (κ3) is 6.89. The number of amides is 1. The molecule has 3 aromatic rings. The van der Waals surface area contributed by atoms with E-state index in [4.69, 9.17) is 21.1 Å². The van der Waals surface area contributed by atoms with Crippen molar-refractivity contribution in [1.82, 2.24) is 0 Å². The summed E-state index contributed by atoms with van der Waals surface area (Å²) in [7, 11) is 0. The molecule has 0 aliphatic carbocycles. The van der Waals surface area contributed by atoms with Gasteiger partial charge < -0.3 is 25.2 Å². The summed E-state index contributed by atoms with van der Waals surface area (Å²) in [6.45, 7) is 4.54. The first-order valence-corrected chi connectivity index (χ1v) is 10.7. The van der Waals surface area contributed by atoms with Crippen molar-refractivity contribution in [2.45, 2.75) is 20.4 Å².